The lowest BCUT2D eigenvalue weighted by Crippen LogP contribution is -2.37. The van der Waals surface area contributed by atoms with Gasteiger partial charge in [0.2, 0.25) is 5.91 Å². The van der Waals surface area contributed by atoms with Gasteiger partial charge < -0.3 is 15.2 Å². The minimum atomic E-state index is -0.956. The Balaban J connectivity index is 1.85. The average molecular weight is 319 g/mol. The van der Waals surface area contributed by atoms with E-state index in [1.165, 1.54) is 25.0 Å². The Hall–Kier alpha value is -1.88. The van der Waals surface area contributed by atoms with Crippen molar-refractivity contribution >= 4 is 11.9 Å². The molecule has 0 bridgehead atoms. The number of carboxylic acids is 1. The molecule has 5 heteroatoms. The molecule has 2 N–H and O–H groups in total. The van der Waals surface area contributed by atoms with E-state index in [-0.39, 0.29) is 23.3 Å². The standard InChI is InChI=1S/C18H25NO4/c1-23-11-10-18(8-2-3-9-18)13-19-16(20)12-14-4-6-15(7-5-14)17(21)22/h4-7H,2-3,8-13H2,1H3,(H,19,20)(H,21,22). The minimum absolute atomic E-state index is 0.0169. The number of carbonyl (C=O) groups is 2. The molecule has 1 aromatic carbocycles. The predicted octanol–water partition coefficient (Wildman–Crippen LogP) is 2.64. The highest BCUT2D eigenvalue weighted by atomic mass is 16.5. The van der Waals surface area contributed by atoms with Crippen LogP contribution in [-0.2, 0) is 16.0 Å². The van der Waals surface area contributed by atoms with Crippen molar-refractivity contribution < 1.29 is 19.4 Å². The summed E-state index contributed by atoms with van der Waals surface area (Å²) in [5, 5.41) is 11.9. The van der Waals surface area contributed by atoms with E-state index in [0.717, 1.165) is 31.4 Å². The van der Waals surface area contributed by atoms with Gasteiger partial charge in [-0.1, -0.05) is 25.0 Å². The van der Waals surface area contributed by atoms with E-state index in [1.807, 2.05) is 0 Å². The highest BCUT2D eigenvalue weighted by Crippen LogP contribution is 2.40. The van der Waals surface area contributed by atoms with Crippen molar-refractivity contribution in [3.8, 4) is 0 Å². The van der Waals surface area contributed by atoms with Crippen molar-refractivity contribution in [2.45, 2.75) is 38.5 Å². The molecule has 1 saturated carbocycles. The monoisotopic (exact) mass is 319 g/mol. The zero-order valence-corrected chi connectivity index (χ0v) is 13.6. The van der Waals surface area contributed by atoms with Crippen molar-refractivity contribution in [1.29, 1.82) is 0 Å². The summed E-state index contributed by atoms with van der Waals surface area (Å²) in [6.45, 7) is 1.43. The Labute approximate surface area is 137 Å². The number of hydrogen-bond acceptors (Lipinski definition) is 3. The van der Waals surface area contributed by atoms with Crippen molar-refractivity contribution in [3.05, 3.63) is 35.4 Å². The summed E-state index contributed by atoms with van der Waals surface area (Å²) in [6.07, 6.45) is 5.98. The molecule has 5 nitrogen and oxygen atoms in total. The molecule has 0 heterocycles. The Morgan fingerprint density at radius 2 is 1.87 bits per heavy atom. The molecule has 1 amide bonds. The topological polar surface area (TPSA) is 75.6 Å². The molecule has 0 radical (unpaired) electrons. The quantitative estimate of drug-likeness (QED) is 0.772. The van der Waals surface area contributed by atoms with Crippen molar-refractivity contribution in [1.82, 2.24) is 5.32 Å². The molecule has 0 aliphatic heterocycles. The van der Waals surface area contributed by atoms with E-state index in [2.05, 4.69) is 5.32 Å². The summed E-state index contributed by atoms with van der Waals surface area (Å²) < 4.78 is 5.20. The molecule has 0 unspecified atom stereocenters. The lowest BCUT2D eigenvalue weighted by Gasteiger charge is -2.29. The number of aromatic carboxylic acids is 1. The molecule has 23 heavy (non-hydrogen) atoms. The number of nitrogens with one attached hydrogen (secondary N) is 1. The van der Waals surface area contributed by atoms with Crippen LogP contribution in [0.15, 0.2) is 24.3 Å². The Morgan fingerprint density at radius 3 is 2.43 bits per heavy atom. The lowest BCUT2D eigenvalue weighted by atomic mass is 9.83. The molecule has 1 aliphatic rings. The molecule has 0 aromatic heterocycles. The van der Waals surface area contributed by atoms with E-state index in [1.54, 1.807) is 19.2 Å². The Kier molecular flexibility index (Phi) is 6.16. The van der Waals surface area contributed by atoms with E-state index >= 15 is 0 Å². The maximum absolute atomic E-state index is 12.1. The molecular weight excluding hydrogens is 294 g/mol. The zero-order valence-electron chi connectivity index (χ0n) is 13.6. The second-order valence-electron chi connectivity index (χ2n) is 6.41. The fraction of sp³-hybridized carbons (Fsp3) is 0.556. The van der Waals surface area contributed by atoms with E-state index in [4.69, 9.17) is 9.84 Å². The fourth-order valence-electron chi connectivity index (χ4n) is 3.26. The van der Waals surface area contributed by atoms with Crippen molar-refractivity contribution in [2.75, 3.05) is 20.3 Å². The lowest BCUT2D eigenvalue weighted by molar-refractivity contribution is -0.121. The first-order valence-electron chi connectivity index (χ1n) is 8.13. The molecule has 1 aliphatic carbocycles. The summed E-state index contributed by atoms with van der Waals surface area (Å²) in [7, 11) is 1.71. The fourth-order valence-corrected chi connectivity index (χ4v) is 3.26. The second kappa shape index (κ2) is 8.11. The van der Waals surface area contributed by atoms with E-state index in [0.29, 0.717) is 6.54 Å². The van der Waals surface area contributed by atoms with Crippen LogP contribution in [0.3, 0.4) is 0 Å². The predicted molar refractivity (Wildman–Crippen MR) is 87.5 cm³/mol. The third-order valence-corrected chi connectivity index (χ3v) is 4.73. The van der Waals surface area contributed by atoms with Crippen LogP contribution in [0.5, 0.6) is 0 Å². The molecule has 2 rings (SSSR count). The van der Waals surface area contributed by atoms with E-state index in [9.17, 15) is 9.59 Å². The molecule has 1 aromatic rings. The van der Waals surface area contributed by atoms with Gasteiger partial charge >= 0.3 is 5.97 Å². The third-order valence-electron chi connectivity index (χ3n) is 4.73. The SMILES string of the molecule is COCCC1(CNC(=O)Cc2ccc(C(=O)O)cc2)CCCC1. The van der Waals surface area contributed by atoms with Gasteiger partial charge in [-0.05, 0) is 42.4 Å². The van der Waals surface area contributed by atoms with Gasteiger partial charge in [0, 0.05) is 20.3 Å². The molecule has 1 fully saturated rings. The minimum Gasteiger partial charge on any atom is -0.478 e. The third kappa shape index (κ3) is 5.06. The smallest absolute Gasteiger partial charge is 0.335 e. The largest absolute Gasteiger partial charge is 0.478 e. The van der Waals surface area contributed by atoms with Gasteiger partial charge in [0.15, 0.2) is 0 Å². The summed E-state index contributed by atoms with van der Waals surface area (Å²) in [6, 6.07) is 6.45. The van der Waals surface area contributed by atoms with E-state index < -0.39 is 5.97 Å². The normalized spacial score (nSPS) is 16.2. The Bertz CT molecular complexity index is 532. The van der Waals surface area contributed by atoms with Crippen LogP contribution in [0.1, 0.15) is 48.0 Å². The number of amides is 1. The van der Waals surface area contributed by atoms with Gasteiger partial charge in [-0.25, -0.2) is 4.79 Å². The van der Waals surface area contributed by atoms with Crippen molar-refractivity contribution in [3.63, 3.8) is 0 Å². The first-order chi connectivity index (χ1) is 11.0. The maximum atomic E-state index is 12.1. The van der Waals surface area contributed by atoms with Crippen LogP contribution in [0.4, 0.5) is 0 Å². The number of carboxylic acid groups (broad SMARTS) is 1. The van der Waals surface area contributed by atoms with Gasteiger partial charge in [0.05, 0.1) is 12.0 Å². The molecule has 0 saturated heterocycles. The van der Waals surface area contributed by atoms with Crippen LogP contribution in [0.25, 0.3) is 0 Å². The summed E-state index contributed by atoms with van der Waals surface area (Å²) in [5.74, 6) is -0.973. The van der Waals surface area contributed by atoms with Gasteiger partial charge in [0.1, 0.15) is 0 Å². The van der Waals surface area contributed by atoms with Crippen LogP contribution >= 0.6 is 0 Å². The zero-order chi connectivity index (χ0) is 16.7. The van der Waals surface area contributed by atoms with Crippen LogP contribution in [0.2, 0.25) is 0 Å². The average Bonchev–Trinajstić information content (AvgIpc) is 3.01. The highest BCUT2D eigenvalue weighted by Gasteiger charge is 2.33. The van der Waals surface area contributed by atoms with Gasteiger partial charge in [0.25, 0.3) is 0 Å². The number of methoxy groups -OCH3 is 1. The molecule has 0 spiro atoms. The number of hydrogen-bond donors (Lipinski definition) is 2. The number of carbonyl (C=O) groups excluding carboxylic acids is 1. The summed E-state index contributed by atoms with van der Waals surface area (Å²) in [4.78, 5) is 23.0. The van der Waals surface area contributed by atoms with Crippen LogP contribution in [-0.4, -0.2) is 37.2 Å². The summed E-state index contributed by atoms with van der Waals surface area (Å²) in [5.41, 5.74) is 1.24. The first kappa shape index (κ1) is 17.5. The maximum Gasteiger partial charge on any atom is 0.335 e. The van der Waals surface area contributed by atoms with Gasteiger partial charge in [-0.15, -0.1) is 0 Å². The van der Waals surface area contributed by atoms with Gasteiger partial charge in [-0.3, -0.25) is 4.79 Å². The highest BCUT2D eigenvalue weighted by molar-refractivity contribution is 5.87. The van der Waals surface area contributed by atoms with Crippen LogP contribution < -0.4 is 5.32 Å². The second-order valence-corrected chi connectivity index (χ2v) is 6.41. The number of ether oxygens (including phenoxy) is 1. The number of benzene rings is 1. The van der Waals surface area contributed by atoms with Crippen molar-refractivity contribution in [2.24, 2.45) is 5.41 Å². The number of rotatable bonds is 8. The van der Waals surface area contributed by atoms with Crippen LogP contribution in [0, 0.1) is 5.41 Å². The Morgan fingerprint density at radius 1 is 1.22 bits per heavy atom. The first-order valence-corrected chi connectivity index (χ1v) is 8.13. The van der Waals surface area contributed by atoms with Gasteiger partial charge in [-0.2, -0.15) is 0 Å². The molecule has 0 atom stereocenters. The molecule has 126 valence electrons. The summed E-state index contributed by atoms with van der Waals surface area (Å²) >= 11 is 0. The molecular formula is C18H25NO4.